The van der Waals surface area contributed by atoms with Gasteiger partial charge in [-0.15, -0.1) is 0 Å². The SMILES string of the molecule is Cc1cc(C)c(NC(=O)CNC(=O)CCCNC(=O)c2ccsc2)c(C)c1. The van der Waals surface area contributed by atoms with Crippen LogP contribution in [-0.2, 0) is 9.59 Å². The standard InChI is InChI=1S/C20H25N3O3S/c1-13-9-14(2)19(15(3)10-13)23-18(25)11-22-17(24)5-4-7-21-20(26)16-6-8-27-12-16/h6,8-10,12H,4-5,7,11H2,1-3H3,(H,21,26)(H,22,24)(H,23,25). The summed E-state index contributed by atoms with van der Waals surface area (Å²) in [4.78, 5) is 35.7. The van der Waals surface area contributed by atoms with Gasteiger partial charge in [0.05, 0.1) is 6.54 Å². The van der Waals surface area contributed by atoms with Crippen LogP contribution >= 0.6 is 11.3 Å². The molecule has 1 aromatic carbocycles. The van der Waals surface area contributed by atoms with E-state index < -0.39 is 0 Å². The minimum Gasteiger partial charge on any atom is -0.352 e. The van der Waals surface area contributed by atoms with E-state index in [4.69, 9.17) is 0 Å². The van der Waals surface area contributed by atoms with Gasteiger partial charge in [0.25, 0.3) is 5.91 Å². The van der Waals surface area contributed by atoms with Crippen molar-refractivity contribution >= 4 is 34.7 Å². The van der Waals surface area contributed by atoms with E-state index in [1.165, 1.54) is 11.3 Å². The number of carbonyl (C=O) groups is 3. The summed E-state index contributed by atoms with van der Waals surface area (Å²) in [5, 5.41) is 11.8. The summed E-state index contributed by atoms with van der Waals surface area (Å²) >= 11 is 1.46. The molecule has 3 N–H and O–H groups in total. The van der Waals surface area contributed by atoms with Gasteiger partial charge >= 0.3 is 0 Å². The van der Waals surface area contributed by atoms with Gasteiger partial charge in [0.1, 0.15) is 0 Å². The average Bonchev–Trinajstić information content (AvgIpc) is 3.14. The molecule has 0 spiro atoms. The third kappa shape index (κ3) is 6.53. The predicted molar refractivity (Wildman–Crippen MR) is 108 cm³/mol. The Morgan fingerprint density at radius 1 is 1.00 bits per heavy atom. The molecular weight excluding hydrogens is 362 g/mol. The number of benzene rings is 1. The molecule has 0 unspecified atom stereocenters. The zero-order valence-corrected chi connectivity index (χ0v) is 16.7. The highest BCUT2D eigenvalue weighted by Crippen LogP contribution is 2.21. The Kier molecular flexibility index (Phi) is 7.55. The van der Waals surface area contributed by atoms with Crippen molar-refractivity contribution in [2.24, 2.45) is 0 Å². The minimum absolute atomic E-state index is 0.0765. The van der Waals surface area contributed by atoms with Crippen LogP contribution in [0.5, 0.6) is 0 Å². The van der Waals surface area contributed by atoms with E-state index in [2.05, 4.69) is 16.0 Å². The van der Waals surface area contributed by atoms with Gasteiger partial charge in [-0.05, 0) is 49.8 Å². The maximum Gasteiger partial charge on any atom is 0.252 e. The second-order valence-corrected chi connectivity index (χ2v) is 7.25. The lowest BCUT2D eigenvalue weighted by Crippen LogP contribution is -2.33. The van der Waals surface area contributed by atoms with Gasteiger partial charge in [-0.1, -0.05) is 17.7 Å². The second-order valence-electron chi connectivity index (χ2n) is 6.47. The maximum absolute atomic E-state index is 12.1. The molecule has 3 amide bonds. The quantitative estimate of drug-likeness (QED) is 0.609. The number of aryl methyl sites for hydroxylation is 3. The highest BCUT2D eigenvalue weighted by atomic mass is 32.1. The number of anilines is 1. The Balaban J connectivity index is 1.66. The summed E-state index contributed by atoms with van der Waals surface area (Å²) in [5.41, 5.74) is 4.54. The number of hydrogen-bond donors (Lipinski definition) is 3. The van der Waals surface area contributed by atoms with E-state index >= 15 is 0 Å². The van der Waals surface area contributed by atoms with E-state index in [-0.39, 0.29) is 30.7 Å². The Morgan fingerprint density at radius 3 is 2.33 bits per heavy atom. The van der Waals surface area contributed by atoms with Gasteiger partial charge in [-0.25, -0.2) is 0 Å². The van der Waals surface area contributed by atoms with Crippen molar-refractivity contribution in [3.63, 3.8) is 0 Å². The fourth-order valence-electron chi connectivity index (χ4n) is 2.77. The number of nitrogens with one attached hydrogen (secondary N) is 3. The molecule has 1 heterocycles. The average molecular weight is 388 g/mol. The lowest BCUT2D eigenvalue weighted by molar-refractivity contribution is -0.124. The zero-order chi connectivity index (χ0) is 19.8. The van der Waals surface area contributed by atoms with Crippen molar-refractivity contribution in [1.29, 1.82) is 0 Å². The zero-order valence-electron chi connectivity index (χ0n) is 15.8. The summed E-state index contributed by atoms with van der Waals surface area (Å²) in [5.74, 6) is -0.615. The van der Waals surface area contributed by atoms with Gasteiger partial charge in [-0.3, -0.25) is 14.4 Å². The van der Waals surface area contributed by atoms with E-state index in [1.807, 2.05) is 38.3 Å². The Morgan fingerprint density at radius 2 is 1.70 bits per heavy atom. The van der Waals surface area contributed by atoms with Crippen molar-refractivity contribution in [2.45, 2.75) is 33.6 Å². The van der Waals surface area contributed by atoms with Crippen LogP contribution in [0, 0.1) is 20.8 Å². The fraction of sp³-hybridized carbons (Fsp3) is 0.350. The van der Waals surface area contributed by atoms with Crippen LogP contribution in [0.3, 0.4) is 0 Å². The van der Waals surface area contributed by atoms with Crippen molar-refractivity contribution < 1.29 is 14.4 Å². The van der Waals surface area contributed by atoms with E-state index in [0.717, 1.165) is 22.4 Å². The summed E-state index contributed by atoms with van der Waals surface area (Å²) in [6.07, 6.45) is 0.763. The number of amides is 3. The van der Waals surface area contributed by atoms with Gasteiger partial charge < -0.3 is 16.0 Å². The van der Waals surface area contributed by atoms with Crippen LogP contribution in [0.15, 0.2) is 29.0 Å². The van der Waals surface area contributed by atoms with E-state index in [9.17, 15) is 14.4 Å². The Bertz CT molecular complexity index is 793. The number of carbonyl (C=O) groups excluding carboxylic acids is 3. The van der Waals surface area contributed by atoms with Crippen LogP contribution in [0.2, 0.25) is 0 Å². The first-order valence-electron chi connectivity index (χ1n) is 8.81. The molecule has 6 nitrogen and oxygen atoms in total. The fourth-order valence-corrected chi connectivity index (χ4v) is 3.41. The topological polar surface area (TPSA) is 87.3 Å². The number of hydrogen-bond acceptors (Lipinski definition) is 4. The molecule has 27 heavy (non-hydrogen) atoms. The third-order valence-corrected chi connectivity index (χ3v) is 4.72. The molecule has 0 saturated heterocycles. The Labute approximate surface area is 163 Å². The number of rotatable bonds is 8. The smallest absolute Gasteiger partial charge is 0.252 e. The molecule has 0 radical (unpaired) electrons. The first kappa shape index (κ1) is 20.6. The molecule has 0 atom stereocenters. The van der Waals surface area contributed by atoms with Crippen LogP contribution in [-0.4, -0.2) is 30.8 Å². The molecule has 0 bridgehead atoms. The molecule has 0 saturated carbocycles. The monoisotopic (exact) mass is 387 g/mol. The summed E-state index contributed by atoms with van der Waals surface area (Å²) in [6.45, 7) is 6.23. The summed E-state index contributed by atoms with van der Waals surface area (Å²) < 4.78 is 0. The predicted octanol–water partition coefficient (Wildman–Crippen LogP) is 2.94. The Hall–Kier alpha value is -2.67. The number of thiophene rings is 1. The van der Waals surface area contributed by atoms with Crippen LogP contribution in [0.4, 0.5) is 5.69 Å². The molecule has 2 rings (SSSR count). The molecule has 0 aliphatic heterocycles. The maximum atomic E-state index is 12.1. The highest BCUT2D eigenvalue weighted by Gasteiger charge is 2.10. The lowest BCUT2D eigenvalue weighted by Gasteiger charge is -2.13. The summed E-state index contributed by atoms with van der Waals surface area (Å²) in [6, 6.07) is 5.76. The van der Waals surface area contributed by atoms with Gasteiger partial charge in [0, 0.05) is 29.6 Å². The molecular formula is C20H25N3O3S. The normalized spacial score (nSPS) is 10.3. The first-order valence-corrected chi connectivity index (χ1v) is 9.76. The van der Waals surface area contributed by atoms with Crippen molar-refractivity contribution in [3.8, 4) is 0 Å². The van der Waals surface area contributed by atoms with Gasteiger partial charge in [0.2, 0.25) is 11.8 Å². The van der Waals surface area contributed by atoms with Crippen molar-refractivity contribution in [1.82, 2.24) is 10.6 Å². The van der Waals surface area contributed by atoms with Gasteiger partial charge in [0.15, 0.2) is 0 Å². The van der Waals surface area contributed by atoms with Crippen LogP contribution in [0.1, 0.15) is 39.9 Å². The highest BCUT2D eigenvalue weighted by molar-refractivity contribution is 7.08. The molecule has 0 aliphatic carbocycles. The summed E-state index contributed by atoms with van der Waals surface area (Å²) in [7, 11) is 0. The molecule has 1 aromatic heterocycles. The molecule has 2 aromatic rings. The van der Waals surface area contributed by atoms with Crippen LogP contribution in [0.25, 0.3) is 0 Å². The largest absolute Gasteiger partial charge is 0.352 e. The van der Waals surface area contributed by atoms with Crippen molar-refractivity contribution in [3.05, 3.63) is 51.2 Å². The van der Waals surface area contributed by atoms with Gasteiger partial charge in [-0.2, -0.15) is 11.3 Å². The molecule has 144 valence electrons. The molecule has 0 fully saturated rings. The lowest BCUT2D eigenvalue weighted by atomic mass is 10.1. The van der Waals surface area contributed by atoms with E-state index in [1.54, 1.807) is 11.4 Å². The molecule has 0 aliphatic rings. The van der Waals surface area contributed by atoms with Crippen LogP contribution < -0.4 is 16.0 Å². The first-order chi connectivity index (χ1) is 12.9. The van der Waals surface area contributed by atoms with Crippen molar-refractivity contribution in [2.75, 3.05) is 18.4 Å². The minimum atomic E-state index is -0.260. The third-order valence-electron chi connectivity index (χ3n) is 4.04. The second kappa shape index (κ2) is 9.87. The molecule has 7 heteroatoms. The van der Waals surface area contributed by atoms with E-state index in [0.29, 0.717) is 18.5 Å².